The van der Waals surface area contributed by atoms with E-state index in [0.717, 1.165) is 0 Å². The van der Waals surface area contributed by atoms with E-state index < -0.39 is 5.60 Å². The van der Waals surface area contributed by atoms with E-state index in [1.165, 1.54) is 6.92 Å². The third-order valence-electron chi connectivity index (χ3n) is 4.27. The maximum atomic E-state index is 12.4. The third kappa shape index (κ3) is 5.16. The van der Waals surface area contributed by atoms with Gasteiger partial charge in [0.05, 0.1) is 30.8 Å². The maximum absolute atomic E-state index is 12.4. The van der Waals surface area contributed by atoms with Gasteiger partial charge in [0.25, 0.3) is 0 Å². The number of benzene rings is 1. The highest BCUT2D eigenvalue weighted by Crippen LogP contribution is 2.15. The molecule has 10 nitrogen and oxygen atoms in total. The van der Waals surface area contributed by atoms with Gasteiger partial charge in [-0.1, -0.05) is 0 Å². The lowest BCUT2D eigenvalue weighted by Gasteiger charge is -2.30. The van der Waals surface area contributed by atoms with Gasteiger partial charge in [0, 0.05) is 32.2 Å². The number of rotatable bonds is 5. The van der Waals surface area contributed by atoms with E-state index >= 15 is 0 Å². The molecule has 10 heteroatoms. The second-order valence-corrected chi connectivity index (χ2v) is 6.78. The zero-order valence-corrected chi connectivity index (χ0v) is 15.0. The van der Waals surface area contributed by atoms with Gasteiger partial charge in [-0.05, 0) is 18.2 Å². The summed E-state index contributed by atoms with van der Waals surface area (Å²) in [4.78, 5) is 41.9. The molecule has 5 N–H and O–H groups in total. The highest BCUT2D eigenvalue weighted by Gasteiger charge is 2.33. The molecule has 1 aliphatic heterocycles. The van der Waals surface area contributed by atoms with Crippen molar-refractivity contribution in [2.45, 2.75) is 12.5 Å². The molecule has 2 heterocycles. The summed E-state index contributed by atoms with van der Waals surface area (Å²) in [5.74, 6) is -0.494. The number of aliphatic hydroxyl groups is 1. The van der Waals surface area contributed by atoms with E-state index in [1.807, 2.05) is 0 Å². The number of hydrogen-bond donors (Lipinski definition) is 5. The molecule has 0 aliphatic carbocycles. The number of nitrogens with one attached hydrogen (secondary N) is 4. The average Bonchev–Trinajstić information content (AvgIpc) is 2.85. The number of carbonyl (C=O) groups excluding carboxylic acids is 2. The zero-order chi connectivity index (χ0) is 19.4. The predicted octanol–water partition coefficient (Wildman–Crippen LogP) is -1.01. The number of anilines is 1. The standard InChI is InChI=1S/C17H23N5O5/c1-11(23)18-8-17(26)9-22(4-5-27-10-17)7-15(24)19-12-2-3-13-14(6-12)21-16(25)20-13/h2-3,6,26H,4-5,7-10H2,1H3,(H,18,23)(H,19,24)(H2,20,21,25)/t17-/m1/s1. The minimum Gasteiger partial charge on any atom is -0.384 e. The van der Waals surface area contributed by atoms with Gasteiger partial charge in [0.2, 0.25) is 11.8 Å². The molecule has 1 atom stereocenters. The molecule has 0 bridgehead atoms. The second kappa shape index (κ2) is 7.91. The summed E-state index contributed by atoms with van der Waals surface area (Å²) in [7, 11) is 0. The Labute approximate surface area is 154 Å². The SMILES string of the molecule is CC(=O)NC[C@]1(O)COCCN(CC(=O)Nc2ccc3[nH]c(=O)[nH]c3c2)C1. The van der Waals surface area contributed by atoms with Crippen molar-refractivity contribution in [3.63, 3.8) is 0 Å². The third-order valence-corrected chi connectivity index (χ3v) is 4.27. The molecule has 0 unspecified atom stereocenters. The van der Waals surface area contributed by atoms with Gasteiger partial charge in [0.15, 0.2) is 0 Å². The van der Waals surface area contributed by atoms with Crippen molar-refractivity contribution in [1.29, 1.82) is 0 Å². The van der Waals surface area contributed by atoms with E-state index in [-0.39, 0.29) is 43.7 Å². The van der Waals surface area contributed by atoms with Crippen LogP contribution in [-0.2, 0) is 14.3 Å². The fourth-order valence-electron chi connectivity index (χ4n) is 3.04. The van der Waals surface area contributed by atoms with Gasteiger partial charge in [-0.2, -0.15) is 0 Å². The molecule has 3 rings (SSSR count). The molecule has 0 radical (unpaired) electrons. The lowest BCUT2D eigenvalue weighted by Crippen LogP contribution is -2.53. The Bertz CT molecular complexity index is 891. The number of β-amino-alcohol motifs (C(OH)–C–C–N with tert-alkyl or cyclic N) is 1. The Morgan fingerprint density at radius 2 is 2.11 bits per heavy atom. The molecule has 2 aromatic rings. The monoisotopic (exact) mass is 377 g/mol. The minimum absolute atomic E-state index is 0.0535. The average molecular weight is 377 g/mol. The smallest absolute Gasteiger partial charge is 0.323 e. The van der Waals surface area contributed by atoms with Gasteiger partial charge >= 0.3 is 5.69 Å². The van der Waals surface area contributed by atoms with Crippen molar-refractivity contribution in [2.24, 2.45) is 0 Å². The summed E-state index contributed by atoms with van der Waals surface area (Å²) in [6, 6.07) is 5.07. The molecule has 2 amide bonds. The predicted molar refractivity (Wildman–Crippen MR) is 98.4 cm³/mol. The van der Waals surface area contributed by atoms with Crippen LogP contribution < -0.4 is 16.3 Å². The lowest BCUT2D eigenvalue weighted by atomic mass is 10.1. The molecule has 1 fully saturated rings. The van der Waals surface area contributed by atoms with Gasteiger partial charge in [-0.25, -0.2) is 4.79 Å². The van der Waals surface area contributed by atoms with Crippen LogP contribution in [0.4, 0.5) is 5.69 Å². The van der Waals surface area contributed by atoms with Crippen molar-refractivity contribution >= 4 is 28.5 Å². The number of aromatic nitrogens is 2. The van der Waals surface area contributed by atoms with Gasteiger partial charge in [-0.15, -0.1) is 0 Å². The number of ether oxygens (including phenoxy) is 1. The molecule has 27 heavy (non-hydrogen) atoms. The summed E-state index contributed by atoms with van der Waals surface area (Å²) in [5, 5.41) is 16.0. The first-order valence-corrected chi connectivity index (χ1v) is 8.62. The number of nitrogens with zero attached hydrogens (tertiary/aromatic N) is 1. The Morgan fingerprint density at radius 3 is 2.89 bits per heavy atom. The topological polar surface area (TPSA) is 140 Å². The normalized spacial score (nSPS) is 21.0. The second-order valence-electron chi connectivity index (χ2n) is 6.78. The molecule has 1 aliphatic rings. The Kier molecular flexibility index (Phi) is 5.59. The van der Waals surface area contributed by atoms with E-state index in [0.29, 0.717) is 29.9 Å². The summed E-state index contributed by atoms with van der Waals surface area (Å²) < 4.78 is 5.41. The summed E-state index contributed by atoms with van der Waals surface area (Å²) >= 11 is 0. The highest BCUT2D eigenvalue weighted by molar-refractivity contribution is 5.94. The Balaban J connectivity index is 1.61. The molecule has 146 valence electrons. The minimum atomic E-state index is -1.26. The van der Waals surface area contributed by atoms with E-state index in [9.17, 15) is 19.5 Å². The number of fused-ring (bicyclic) bond motifs is 1. The number of amides is 2. The van der Waals surface area contributed by atoms with Crippen LogP contribution >= 0.6 is 0 Å². The zero-order valence-electron chi connectivity index (χ0n) is 15.0. The molecule has 1 saturated heterocycles. The van der Waals surface area contributed by atoms with Gasteiger partial charge in [-0.3, -0.25) is 14.5 Å². The first-order valence-electron chi connectivity index (χ1n) is 8.62. The first-order chi connectivity index (χ1) is 12.8. The van der Waals surface area contributed by atoms with E-state index in [1.54, 1.807) is 23.1 Å². The van der Waals surface area contributed by atoms with Crippen molar-refractivity contribution in [3.8, 4) is 0 Å². The molecule has 1 aromatic carbocycles. The Morgan fingerprint density at radius 1 is 1.33 bits per heavy atom. The van der Waals surface area contributed by atoms with Crippen LogP contribution in [0.25, 0.3) is 11.0 Å². The van der Waals surface area contributed by atoms with Crippen LogP contribution in [0.15, 0.2) is 23.0 Å². The van der Waals surface area contributed by atoms with Crippen LogP contribution in [0, 0.1) is 0 Å². The van der Waals surface area contributed by atoms with Gasteiger partial charge in [0.1, 0.15) is 5.60 Å². The van der Waals surface area contributed by atoms with Crippen LogP contribution in [0.5, 0.6) is 0 Å². The number of imidazole rings is 1. The summed E-state index contributed by atoms with van der Waals surface area (Å²) in [6.07, 6.45) is 0. The molecule has 1 aromatic heterocycles. The van der Waals surface area contributed by atoms with Crippen molar-refractivity contribution < 1.29 is 19.4 Å². The number of carbonyl (C=O) groups is 2. The fraction of sp³-hybridized carbons (Fsp3) is 0.471. The largest absolute Gasteiger partial charge is 0.384 e. The molecular weight excluding hydrogens is 354 g/mol. The quantitative estimate of drug-likeness (QED) is 0.453. The van der Waals surface area contributed by atoms with E-state index in [2.05, 4.69) is 20.6 Å². The van der Waals surface area contributed by atoms with Crippen LogP contribution in [0.3, 0.4) is 0 Å². The van der Waals surface area contributed by atoms with Crippen molar-refractivity contribution in [3.05, 3.63) is 28.7 Å². The number of aromatic amines is 2. The number of hydrogen-bond acceptors (Lipinski definition) is 6. The van der Waals surface area contributed by atoms with E-state index in [4.69, 9.17) is 4.74 Å². The molecular formula is C17H23N5O5. The Hall–Kier alpha value is -2.69. The molecule has 0 saturated carbocycles. The first kappa shape index (κ1) is 19.1. The van der Waals surface area contributed by atoms with Crippen molar-refractivity contribution in [2.75, 3.05) is 44.7 Å². The van der Waals surface area contributed by atoms with Crippen LogP contribution in [0.1, 0.15) is 6.92 Å². The molecule has 0 spiro atoms. The lowest BCUT2D eigenvalue weighted by molar-refractivity contribution is -0.122. The summed E-state index contributed by atoms with van der Waals surface area (Å²) in [5.41, 5.74) is 0.251. The maximum Gasteiger partial charge on any atom is 0.323 e. The van der Waals surface area contributed by atoms with Gasteiger partial charge < -0.3 is 30.4 Å². The summed E-state index contributed by atoms with van der Waals surface area (Å²) in [6.45, 7) is 2.64. The fourth-order valence-corrected chi connectivity index (χ4v) is 3.04. The number of H-pyrrole nitrogens is 2. The van der Waals surface area contributed by atoms with Crippen LogP contribution in [0.2, 0.25) is 0 Å². The van der Waals surface area contributed by atoms with Crippen molar-refractivity contribution in [1.82, 2.24) is 20.2 Å². The highest BCUT2D eigenvalue weighted by atomic mass is 16.5. The van der Waals surface area contributed by atoms with Crippen LogP contribution in [-0.4, -0.2) is 76.8 Å².